The van der Waals surface area contributed by atoms with Gasteiger partial charge in [-0.25, -0.2) is 4.79 Å². The first kappa shape index (κ1) is 25.4. The van der Waals surface area contributed by atoms with Gasteiger partial charge in [0.1, 0.15) is 18.0 Å². The summed E-state index contributed by atoms with van der Waals surface area (Å²) in [5.41, 5.74) is 1.62. The molecule has 1 aromatic heterocycles. The fourth-order valence-corrected chi connectivity index (χ4v) is 4.49. The zero-order valence-electron chi connectivity index (χ0n) is 21.8. The van der Waals surface area contributed by atoms with Crippen LogP contribution in [0.3, 0.4) is 0 Å². The number of nitrogens with zero attached hydrogens (tertiary/aromatic N) is 3. The summed E-state index contributed by atoms with van der Waals surface area (Å²) in [5.74, 6) is 1.38. The highest BCUT2D eigenvalue weighted by Crippen LogP contribution is 2.35. The average molecular weight is 489 g/mol. The highest BCUT2D eigenvalue weighted by molar-refractivity contribution is 5.85. The molecular weight excluding hydrogens is 452 g/mol. The van der Waals surface area contributed by atoms with Crippen molar-refractivity contribution in [2.45, 2.75) is 58.8 Å². The number of para-hydroxylation sites is 1. The third-order valence-corrected chi connectivity index (χ3v) is 6.18. The molecule has 1 atom stereocenters. The number of carbonyl (C=O) groups is 2. The molecule has 1 aliphatic heterocycles. The minimum Gasteiger partial charge on any atom is -0.457 e. The van der Waals surface area contributed by atoms with E-state index in [2.05, 4.69) is 16.0 Å². The number of benzene rings is 2. The summed E-state index contributed by atoms with van der Waals surface area (Å²) in [6.45, 7) is 10.9. The molecule has 7 heteroatoms. The van der Waals surface area contributed by atoms with Crippen LogP contribution in [0, 0.1) is 0 Å². The molecule has 190 valence electrons. The van der Waals surface area contributed by atoms with E-state index < -0.39 is 0 Å². The number of ether oxygens (including phenoxy) is 1. The maximum absolute atomic E-state index is 13.7. The van der Waals surface area contributed by atoms with Gasteiger partial charge in [-0.05, 0) is 76.6 Å². The molecule has 1 N–H and O–H groups in total. The number of carbonyl (C=O) groups excluding carboxylic acids is 2. The second-order valence-corrected chi connectivity index (χ2v) is 10.5. The van der Waals surface area contributed by atoms with Gasteiger partial charge in [0.2, 0.25) is 5.91 Å². The molecular formula is C29H36N4O3. The minimum absolute atomic E-state index is 0.0109. The quantitative estimate of drug-likeness (QED) is 0.503. The molecule has 0 bridgehead atoms. The van der Waals surface area contributed by atoms with Gasteiger partial charge in [0.15, 0.2) is 0 Å². The van der Waals surface area contributed by atoms with Crippen LogP contribution in [-0.2, 0) is 11.3 Å². The molecule has 36 heavy (non-hydrogen) atoms. The standard InChI is InChI=1S/C29H36N4O3/c1-21(2)33(28(35)30-29(3,4)5)20-26(34)32-18-17-31-16-10-15-25(31)27(32)22-11-9-14-24(19-22)36-23-12-7-6-8-13-23/h6-16,19,21,27H,17-18,20H2,1-5H3,(H,30,35). The van der Waals surface area contributed by atoms with Gasteiger partial charge >= 0.3 is 6.03 Å². The van der Waals surface area contributed by atoms with Gasteiger partial charge in [-0.3, -0.25) is 4.79 Å². The van der Waals surface area contributed by atoms with Crippen molar-refractivity contribution in [2.24, 2.45) is 0 Å². The summed E-state index contributed by atoms with van der Waals surface area (Å²) in [6, 6.07) is 21.0. The lowest BCUT2D eigenvalue weighted by Gasteiger charge is -2.39. The van der Waals surface area contributed by atoms with Crippen molar-refractivity contribution in [1.82, 2.24) is 19.7 Å². The number of rotatable bonds is 6. The Morgan fingerprint density at radius 2 is 1.72 bits per heavy atom. The van der Waals surface area contributed by atoms with Crippen LogP contribution < -0.4 is 10.1 Å². The third-order valence-electron chi connectivity index (χ3n) is 6.18. The van der Waals surface area contributed by atoms with E-state index >= 15 is 0 Å². The van der Waals surface area contributed by atoms with Gasteiger partial charge in [0.25, 0.3) is 0 Å². The van der Waals surface area contributed by atoms with Crippen molar-refractivity contribution in [3.05, 3.63) is 84.2 Å². The van der Waals surface area contributed by atoms with Gasteiger partial charge in [0.05, 0.1) is 6.04 Å². The molecule has 1 unspecified atom stereocenters. The fraction of sp³-hybridized carbons (Fsp3) is 0.379. The van der Waals surface area contributed by atoms with E-state index in [1.165, 1.54) is 0 Å². The Bertz CT molecular complexity index is 1200. The van der Waals surface area contributed by atoms with E-state index in [-0.39, 0.29) is 36.1 Å². The van der Waals surface area contributed by atoms with Crippen molar-refractivity contribution in [1.29, 1.82) is 0 Å². The molecule has 0 saturated heterocycles. The van der Waals surface area contributed by atoms with Crippen LogP contribution in [0.15, 0.2) is 72.9 Å². The summed E-state index contributed by atoms with van der Waals surface area (Å²) in [6.07, 6.45) is 2.05. The lowest BCUT2D eigenvalue weighted by molar-refractivity contribution is -0.134. The molecule has 0 aliphatic carbocycles. The second-order valence-electron chi connectivity index (χ2n) is 10.5. The molecule has 7 nitrogen and oxygen atoms in total. The fourth-order valence-electron chi connectivity index (χ4n) is 4.49. The largest absolute Gasteiger partial charge is 0.457 e. The van der Waals surface area contributed by atoms with E-state index in [9.17, 15) is 9.59 Å². The molecule has 0 saturated carbocycles. The highest BCUT2D eigenvalue weighted by atomic mass is 16.5. The molecule has 2 aromatic carbocycles. The predicted molar refractivity (Wildman–Crippen MR) is 141 cm³/mol. The third kappa shape index (κ3) is 5.90. The Kier molecular flexibility index (Phi) is 7.38. The molecule has 1 aliphatic rings. The number of hydrogen-bond donors (Lipinski definition) is 1. The summed E-state index contributed by atoms with van der Waals surface area (Å²) in [7, 11) is 0. The molecule has 4 rings (SSSR count). The van der Waals surface area contributed by atoms with Crippen LogP contribution in [0.4, 0.5) is 4.79 Å². The monoisotopic (exact) mass is 488 g/mol. The van der Waals surface area contributed by atoms with Crippen molar-refractivity contribution < 1.29 is 14.3 Å². The number of aromatic nitrogens is 1. The number of nitrogens with one attached hydrogen (secondary N) is 1. The van der Waals surface area contributed by atoms with Gasteiger partial charge in [-0.1, -0.05) is 30.3 Å². The van der Waals surface area contributed by atoms with Crippen LogP contribution >= 0.6 is 0 Å². The zero-order chi connectivity index (χ0) is 25.9. The van der Waals surface area contributed by atoms with Crippen molar-refractivity contribution in [2.75, 3.05) is 13.1 Å². The van der Waals surface area contributed by atoms with Gasteiger partial charge < -0.3 is 24.4 Å². The van der Waals surface area contributed by atoms with Crippen LogP contribution in [0.25, 0.3) is 0 Å². The van der Waals surface area contributed by atoms with Crippen LogP contribution in [0.2, 0.25) is 0 Å². The lowest BCUT2D eigenvalue weighted by Crippen LogP contribution is -2.54. The van der Waals surface area contributed by atoms with Crippen molar-refractivity contribution in [3.8, 4) is 11.5 Å². The first-order chi connectivity index (χ1) is 17.1. The van der Waals surface area contributed by atoms with Crippen LogP contribution in [0.1, 0.15) is 51.9 Å². The normalized spacial score (nSPS) is 15.4. The molecule has 3 amide bonds. The maximum atomic E-state index is 13.7. The molecule has 0 spiro atoms. The Morgan fingerprint density at radius 3 is 2.42 bits per heavy atom. The van der Waals surface area contributed by atoms with Gasteiger partial charge in [-0.15, -0.1) is 0 Å². The van der Waals surface area contributed by atoms with Crippen LogP contribution in [0.5, 0.6) is 11.5 Å². The van der Waals surface area contributed by atoms with E-state index in [0.717, 1.165) is 17.0 Å². The van der Waals surface area contributed by atoms with E-state index in [1.807, 2.05) is 106 Å². The summed E-state index contributed by atoms with van der Waals surface area (Å²) >= 11 is 0. The van der Waals surface area contributed by atoms with Gasteiger partial charge in [-0.2, -0.15) is 0 Å². The second kappa shape index (κ2) is 10.5. The predicted octanol–water partition coefficient (Wildman–Crippen LogP) is 5.43. The summed E-state index contributed by atoms with van der Waals surface area (Å²) in [4.78, 5) is 30.2. The zero-order valence-corrected chi connectivity index (χ0v) is 21.8. The molecule has 3 aromatic rings. The Hall–Kier alpha value is -3.74. The maximum Gasteiger partial charge on any atom is 0.318 e. The Balaban J connectivity index is 1.62. The molecule has 0 radical (unpaired) electrons. The Morgan fingerprint density at radius 1 is 1.00 bits per heavy atom. The molecule has 0 fully saturated rings. The first-order valence-electron chi connectivity index (χ1n) is 12.5. The first-order valence-corrected chi connectivity index (χ1v) is 12.5. The van der Waals surface area contributed by atoms with Crippen molar-refractivity contribution in [3.63, 3.8) is 0 Å². The lowest BCUT2D eigenvalue weighted by atomic mass is 9.99. The van der Waals surface area contributed by atoms with E-state index in [0.29, 0.717) is 18.8 Å². The topological polar surface area (TPSA) is 66.8 Å². The number of urea groups is 1. The highest BCUT2D eigenvalue weighted by Gasteiger charge is 2.34. The SMILES string of the molecule is CC(C)N(CC(=O)N1CCn2cccc2C1c1cccc(Oc2ccccc2)c1)C(=O)NC(C)(C)C. The Labute approximate surface area is 213 Å². The van der Waals surface area contributed by atoms with Crippen molar-refractivity contribution >= 4 is 11.9 Å². The smallest absolute Gasteiger partial charge is 0.318 e. The van der Waals surface area contributed by atoms with Crippen LogP contribution in [-0.4, -0.2) is 51.0 Å². The molecule has 2 heterocycles. The minimum atomic E-state index is -0.388. The average Bonchev–Trinajstić information content (AvgIpc) is 3.30. The number of hydrogen-bond acceptors (Lipinski definition) is 3. The summed E-state index contributed by atoms with van der Waals surface area (Å²) in [5, 5.41) is 2.99. The van der Waals surface area contributed by atoms with E-state index in [1.54, 1.807) is 4.90 Å². The summed E-state index contributed by atoms with van der Waals surface area (Å²) < 4.78 is 8.26. The number of amides is 3. The number of fused-ring (bicyclic) bond motifs is 1. The van der Waals surface area contributed by atoms with E-state index in [4.69, 9.17) is 4.74 Å². The van der Waals surface area contributed by atoms with Gasteiger partial charge in [0, 0.05) is 36.6 Å².